The molecule has 3 aromatic rings. The Morgan fingerprint density at radius 1 is 1.25 bits per heavy atom. The normalized spacial score (nSPS) is 18.2. The molecule has 1 unspecified atom stereocenters. The van der Waals surface area contributed by atoms with E-state index in [1.807, 2.05) is 26.0 Å². The van der Waals surface area contributed by atoms with Gasteiger partial charge in [-0.15, -0.1) is 5.10 Å². The summed E-state index contributed by atoms with van der Waals surface area (Å²) in [6.07, 6.45) is 4.69. The SMILES string of the molecule is Cc1ccc(-c2cnc3c(NCC(C)(C)O)cc(OCC4CC4(F)F)nn23)cc1C.O=CNC1CC1. The van der Waals surface area contributed by atoms with E-state index in [2.05, 4.69) is 26.8 Å². The molecule has 2 aliphatic rings. The molecule has 8 nitrogen and oxygen atoms in total. The molecular weight excluding hydrogens is 468 g/mol. The summed E-state index contributed by atoms with van der Waals surface area (Å²) in [5.41, 5.74) is 4.27. The quantitative estimate of drug-likeness (QED) is 0.382. The van der Waals surface area contributed by atoms with Crippen LogP contribution in [-0.4, -0.2) is 56.8 Å². The van der Waals surface area contributed by atoms with E-state index in [9.17, 15) is 18.7 Å². The van der Waals surface area contributed by atoms with Crippen molar-refractivity contribution in [1.29, 1.82) is 0 Å². The number of aliphatic hydroxyl groups is 1. The molecule has 36 heavy (non-hydrogen) atoms. The summed E-state index contributed by atoms with van der Waals surface area (Å²) in [6, 6.07) is 8.26. The van der Waals surface area contributed by atoms with Gasteiger partial charge in [0.05, 0.1) is 35.7 Å². The van der Waals surface area contributed by atoms with Crippen LogP contribution in [0.2, 0.25) is 0 Å². The largest absolute Gasteiger partial charge is 0.476 e. The van der Waals surface area contributed by atoms with Gasteiger partial charge >= 0.3 is 0 Å². The van der Waals surface area contributed by atoms with Crippen LogP contribution in [0.4, 0.5) is 14.5 Å². The van der Waals surface area contributed by atoms with Gasteiger partial charge in [-0.1, -0.05) is 12.1 Å². The first-order chi connectivity index (χ1) is 17.0. The first-order valence-corrected chi connectivity index (χ1v) is 12.1. The van der Waals surface area contributed by atoms with E-state index in [-0.39, 0.29) is 25.5 Å². The average molecular weight is 502 g/mol. The zero-order valence-corrected chi connectivity index (χ0v) is 21.0. The maximum Gasteiger partial charge on any atom is 0.255 e. The molecule has 1 amide bonds. The number of aryl methyl sites for hydroxylation is 2. The number of halogens is 2. The van der Waals surface area contributed by atoms with Gasteiger partial charge in [-0.3, -0.25) is 4.79 Å². The molecule has 3 N–H and O–H groups in total. The highest BCUT2D eigenvalue weighted by atomic mass is 19.3. The molecule has 0 saturated heterocycles. The van der Waals surface area contributed by atoms with Gasteiger partial charge in [0.2, 0.25) is 12.3 Å². The number of anilines is 1. The lowest BCUT2D eigenvalue weighted by molar-refractivity contribution is -0.109. The van der Waals surface area contributed by atoms with Gasteiger partial charge in [0, 0.05) is 30.6 Å². The molecule has 10 heteroatoms. The van der Waals surface area contributed by atoms with E-state index < -0.39 is 17.4 Å². The molecule has 2 heterocycles. The van der Waals surface area contributed by atoms with Crippen molar-refractivity contribution in [3.05, 3.63) is 41.6 Å². The number of fused-ring (bicyclic) bond motifs is 1. The Kier molecular flexibility index (Phi) is 7.17. The Morgan fingerprint density at radius 2 is 1.97 bits per heavy atom. The zero-order valence-electron chi connectivity index (χ0n) is 21.0. The lowest BCUT2D eigenvalue weighted by atomic mass is 10.0. The van der Waals surface area contributed by atoms with Gasteiger partial charge in [-0.25, -0.2) is 18.3 Å². The van der Waals surface area contributed by atoms with Crippen LogP contribution in [0.1, 0.15) is 44.2 Å². The monoisotopic (exact) mass is 501 g/mol. The van der Waals surface area contributed by atoms with Crippen molar-refractivity contribution >= 4 is 17.7 Å². The molecule has 5 rings (SSSR count). The number of amides is 1. The van der Waals surface area contributed by atoms with Gasteiger partial charge in [0.25, 0.3) is 5.92 Å². The Labute approximate surface area is 209 Å². The Balaban J connectivity index is 0.000000445. The fourth-order valence-electron chi connectivity index (χ4n) is 3.54. The van der Waals surface area contributed by atoms with Crippen molar-refractivity contribution in [1.82, 2.24) is 19.9 Å². The van der Waals surface area contributed by atoms with Crippen molar-refractivity contribution in [2.24, 2.45) is 5.92 Å². The van der Waals surface area contributed by atoms with Gasteiger partial charge in [-0.05, 0) is 57.7 Å². The number of hydrogen-bond donors (Lipinski definition) is 3. The van der Waals surface area contributed by atoms with Crippen molar-refractivity contribution in [2.45, 2.75) is 64.5 Å². The molecule has 2 aliphatic carbocycles. The van der Waals surface area contributed by atoms with E-state index in [1.54, 1.807) is 30.6 Å². The number of carbonyl (C=O) groups excluding carboxylic acids is 1. The topological polar surface area (TPSA) is 101 Å². The first-order valence-electron chi connectivity index (χ1n) is 12.1. The van der Waals surface area contributed by atoms with Crippen molar-refractivity contribution in [2.75, 3.05) is 18.5 Å². The highest BCUT2D eigenvalue weighted by Gasteiger charge is 2.57. The number of ether oxygens (including phenoxy) is 1. The third kappa shape index (κ3) is 6.48. The van der Waals surface area contributed by atoms with E-state index >= 15 is 0 Å². The lowest BCUT2D eigenvalue weighted by Gasteiger charge is -2.19. The number of imidazole rings is 1. The van der Waals surface area contributed by atoms with E-state index in [4.69, 9.17) is 4.74 Å². The molecule has 1 aromatic carbocycles. The predicted molar refractivity (Wildman–Crippen MR) is 133 cm³/mol. The van der Waals surface area contributed by atoms with Crippen molar-refractivity contribution in [3.63, 3.8) is 0 Å². The molecule has 0 aliphatic heterocycles. The van der Waals surface area contributed by atoms with Crippen LogP contribution in [0.3, 0.4) is 0 Å². The van der Waals surface area contributed by atoms with Crippen LogP contribution in [-0.2, 0) is 4.79 Å². The molecule has 2 aromatic heterocycles. The Morgan fingerprint density at radius 3 is 2.53 bits per heavy atom. The number of carbonyl (C=O) groups is 1. The van der Waals surface area contributed by atoms with Crippen molar-refractivity contribution in [3.8, 4) is 17.1 Å². The molecule has 2 saturated carbocycles. The molecule has 0 spiro atoms. The minimum absolute atomic E-state index is 0.0931. The van der Waals surface area contributed by atoms with Crippen LogP contribution in [0, 0.1) is 19.8 Å². The zero-order chi connectivity index (χ0) is 26.1. The number of rotatable bonds is 9. The molecule has 0 bridgehead atoms. The summed E-state index contributed by atoms with van der Waals surface area (Å²) in [4.78, 5) is 14.0. The number of nitrogens with one attached hydrogen (secondary N) is 2. The molecule has 2 fully saturated rings. The average Bonchev–Trinajstić information content (AvgIpc) is 3.69. The second kappa shape index (κ2) is 10.0. The number of nitrogens with zero attached hydrogens (tertiary/aromatic N) is 3. The van der Waals surface area contributed by atoms with E-state index in [1.165, 1.54) is 18.4 Å². The number of aromatic nitrogens is 3. The van der Waals surface area contributed by atoms with E-state index in [0.29, 0.717) is 17.4 Å². The minimum Gasteiger partial charge on any atom is -0.476 e. The van der Waals surface area contributed by atoms with E-state index in [0.717, 1.165) is 23.2 Å². The van der Waals surface area contributed by atoms with Crippen LogP contribution >= 0.6 is 0 Å². The summed E-state index contributed by atoms with van der Waals surface area (Å²) in [5, 5.41) is 20.4. The smallest absolute Gasteiger partial charge is 0.255 e. The number of alkyl halides is 2. The standard InChI is InChI=1S/C22H26F2N4O2.C4H7NO/c1-13-5-6-15(7-14(13)2)18-10-25-20-17(26-12-21(3,4)29)8-19(27-28(18)20)30-11-16-9-22(16,23)24;6-3-5-4-1-2-4/h5-8,10,16,26,29H,9,11-12H2,1-4H3;3-4H,1-2H2,(H,5,6). The summed E-state index contributed by atoms with van der Waals surface area (Å²) >= 11 is 0. The van der Waals surface area contributed by atoms with Crippen LogP contribution in [0.15, 0.2) is 30.5 Å². The van der Waals surface area contributed by atoms with Crippen molar-refractivity contribution < 1.29 is 23.4 Å². The van der Waals surface area contributed by atoms with Gasteiger partial charge in [0.15, 0.2) is 5.65 Å². The van der Waals surface area contributed by atoms with Crippen LogP contribution in [0.5, 0.6) is 5.88 Å². The van der Waals surface area contributed by atoms with Crippen LogP contribution < -0.4 is 15.4 Å². The number of benzene rings is 1. The fraction of sp³-hybridized carbons (Fsp3) is 0.500. The second-order valence-corrected chi connectivity index (χ2v) is 10.3. The Hall–Kier alpha value is -3.27. The van der Waals surface area contributed by atoms with Crippen LogP contribution in [0.25, 0.3) is 16.9 Å². The fourth-order valence-corrected chi connectivity index (χ4v) is 3.54. The van der Waals surface area contributed by atoms with Gasteiger partial charge in [0.1, 0.15) is 0 Å². The summed E-state index contributed by atoms with van der Waals surface area (Å²) in [7, 11) is 0. The molecule has 1 atom stereocenters. The second-order valence-electron chi connectivity index (χ2n) is 10.3. The highest BCUT2D eigenvalue weighted by molar-refractivity contribution is 5.73. The summed E-state index contributed by atoms with van der Waals surface area (Å²) in [6.45, 7) is 7.65. The third-order valence-corrected chi connectivity index (χ3v) is 6.23. The lowest BCUT2D eigenvalue weighted by Crippen LogP contribution is -2.29. The molecule has 0 radical (unpaired) electrons. The van der Waals surface area contributed by atoms with Gasteiger partial charge < -0.3 is 20.5 Å². The van der Waals surface area contributed by atoms with Gasteiger partial charge in [-0.2, -0.15) is 0 Å². The number of hydrogen-bond acceptors (Lipinski definition) is 6. The molecular formula is C26H33F2N5O3. The summed E-state index contributed by atoms with van der Waals surface area (Å²) < 4.78 is 33.7. The minimum atomic E-state index is -2.65. The maximum absolute atomic E-state index is 13.2. The predicted octanol–water partition coefficient (Wildman–Crippen LogP) is 4.12. The maximum atomic E-state index is 13.2. The third-order valence-electron chi connectivity index (χ3n) is 6.23. The summed E-state index contributed by atoms with van der Waals surface area (Å²) in [5.74, 6) is -3.19. The molecule has 194 valence electrons. The highest BCUT2D eigenvalue weighted by Crippen LogP contribution is 2.48. The Bertz CT molecular complexity index is 1230. The first kappa shape index (κ1) is 25.8.